The zero-order valence-corrected chi connectivity index (χ0v) is 9.80. The Kier molecular flexibility index (Phi) is 3.39. The quantitative estimate of drug-likeness (QED) is 0.867. The second-order valence-electron chi connectivity index (χ2n) is 3.80. The molecule has 0 amide bonds. The minimum atomic E-state index is 0.185. The molecule has 2 rings (SSSR count). The normalized spacial score (nSPS) is 21.0. The number of hydrogen-bond donors (Lipinski definition) is 1. The molecule has 1 saturated heterocycles. The van der Waals surface area contributed by atoms with E-state index in [1.165, 1.54) is 0 Å². The molecular weight excluding hydrogens is 233 g/mol. The molecule has 0 bridgehead atoms. The standard InChI is InChI=1S/C11H13Cl2NO/c12-8-4-9(13)6-11(5-8)14-3-1-2-10(14)7-15/h4-6,10,15H,1-3,7H2. The van der Waals surface area contributed by atoms with Crippen LogP contribution in [0.3, 0.4) is 0 Å². The van der Waals surface area contributed by atoms with Crippen LogP contribution in [0.4, 0.5) is 5.69 Å². The van der Waals surface area contributed by atoms with Crippen molar-refractivity contribution in [3.63, 3.8) is 0 Å². The zero-order valence-electron chi connectivity index (χ0n) is 8.29. The fourth-order valence-electron chi connectivity index (χ4n) is 2.07. The van der Waals surface area contributed by atoms with Crippen LogP contribution < -0.4 is 4.90 Å². The highest BCUT2D eigenvalue weighted by Gasteiger charge is 2.24. The van der Waals surface area contributed by atoms with Crippen LogP contribution in [0.25, 0.3) is 0 Å². The molecule has 1 fully saturated rings. The van der Waals surface area contributed by atoms with E-state index in [9.17, 15) is 5.11 Å². The number of benzene rings is 1. The Morgan fingerprint density at radius 3 is 2.53 bits per heavy atom. The smallest absolute Gasteiger partial charge is 0.0635 e. The Hall–Kier alpha value is -0.440. The monoisotopic (exact) mass is 245 g/mol. The van der Waals surface area contributed by atoms with E-state index in [-0.39, 0.29) is 12.6 Å². The molecule has 82 valence electrons. The van der Waals surface area contributed by atoms with E-state index in [1.807, 2.05) is 12.1 Å². The van der Waals surface area contributed by atoms with Crippen LogP contribution in [0.15, 0.2) is 18.2 Å². The van der Waals surface area contributed by atoms with Crippen LogP contribution >= 0.6 is 23.2 Å². The first-order valence-electron chi connectivity index (χ1n) is 5.04. The summed E-state index contributed by atoms with van der Waals surface area (Å²) < 4.78 is 0. The number of rotatable bonds is 2. The molecule has 2 nitrogen and oxygen atoms in total. The van der Waals surface area contributed by atoms with Crippen molar-refractivity contribution in [2.75, 3.05) is 18.1 Å². The van der Waals surface area contributed by atoms with Crippen molar-refractivity contribution in [3.8, 4) is 0 Å². The van der Waals surface area contributed by atoms with Crippen LogP contribution in [0.5, 0.6) is 0 Å². The molecule has 0 spiro atoms. The summed E-state index contributed by atoms with van der Waals surface area (Å²) in [4.78, 5) is 2.16. The third-order valence-corrected chi connectivity index (χ3v) is 3.20. The van der Waals surface area contributed by atoms with Gasteiger partial charge in [0.15, 0.2) is 0 Å². The van der Waals surface area contributed by atoms with E-state index < -0.39 is 0 Å². The van der Waals surface area contributed by atoms with Gasteiger partial charge >= 0.3 is 0 Å². The van der Waals surface area contributed by atoms with Gasteiger partial charge in [-0.1, -0.05) is 23.2 Å². The van der Waals surface area contributed by atoms with Crippen LogP contribution in [0.1, 0.15) is 12.8 Å². The van der Waals surface area contributed by atoms with Gasteiger partial charge in [0.25, 0.3) is 0 Å². The van der Waals surface area contributed by atoms with Gasteiger partial charge in [-0.15, -0.1) is 0 Å². The molecule has 0 saturated carbocycles. The summed E-state index contributed by atoms with van der Waals surface area (Å²) in [5, 5.41) is 10.5. The number of hydrogen-bond acceptors (Lipinski definition) is 2. The van der Waals surface area contributed by atoms with Crippen LogP contribution in [0, 0.1) is 0 Å². The molecule has 1 aliphatic heterocycles. The van der Waals surface area contributed by atoms with Gasteiger partial charge in [0.05, 0.1) is 12.6 Å². The first-order chi connectivity index (χ1) is 7.20. The highest BCUT2D eigenvalue weighted by atomic mass is 35.5. The van der Waals surface area contributed by atoms with Crippen molar-refractivity contribution in [2.24, 2.45) is 0 Å². The van der Waals surface area contributed by atoms with Crippen molar-refractivity contribution in [1.29, 1.82) is 0 Å². The van der Waals surface area contributed by atoms with E-state index in [0.29, 0.717) is 10.0 Å². The number of anilines is 1. The predicted molar refractivity (Wildman–Crippen MR) is 63.9 cm³/mol. The van der Waals surface area contributed by atoms with E-state index >= 15 is 0 Å². The maximum absolute atomic E-state index is 9.23. The largest absolute Gasteiger partial charge is 0.394 e. The topological polar surface area (TPSA) is 23.5 Å². The molecule has 15 heavy (non-hydrogen) atoms. The van der Waals surface area contributed by atoms with Crippen LogP contribution in [0.2, 0.25) is 10.0 Å². The summed E-state index contributed by atoms with van der Waals surface area (Å²) in [5.41, 5.74) is 1.00. The molecule has 1 atom stereocenters. The van der Waals surface area contributed by atoms with E-state index in [1.54, 1.807) is 6.07 Å². The van der Waals surface area contributed by atoms with Gasteiger partial charge in [-0.3, -0.25) is 0 Å². The molecule has 1 aromatic carbocycles. The molecule has 0 aliphatic carbocycles. The maximum atomic E-state index is 9.23. The molecule has 1 heterocycles. The average Bonchev–Trinajstić information content (AvgIpc) is 2.63. The SMILES string of the molecule is OCC1CCCN1c1cc(Cl)cc(Cl)c1. The molecule has 4 heteroatoms. The first kappa shape index (κ1) is 11.1. The zero-order chi connectivity index (χ0) is 10.8. The highest BCUT2D eigenvalue weighted by Crippen LogP contribution is 2.30. The Labute approximate surface area is 99.4 Å². The van der Waals surface area contributed by atoms with Crippen molar-refractivity contribution in [3.05, 3.63) is 28.2 Å². The van der Waals surface area contributed by atoms with E-state index in [2.05, 4.69) is 4.90 Å². The lowest BCUT2D eigenvalue weighted by Gasteiger charge is -2.25. The van der Waals surface area contributed by atoms with Gasteiger partial charge in [-0.25, -0.2) is 0 Å². The fraction of sp³-hybridized carbons (Fsp3) is 0.455. The van der Waals surface area contributed by atoms with Crippen molar-refractivity contribution in [2.45, 2.75) is 18.9 Å². The molecule has 1 aliphatic rings. The summed E-state index contributed by atoms with van der Waals surface area (Å²) in [5.74, 6) is 0. The van der Waals surface area contributed by atoms with E-state index in [0.717, 1.165) is 25.1 Å². The van der Waals surface area contributed by atoms with Gasteiger partial charge in [0.2, 0.25) is 0 Å². The lowest BCUT2D eigenvalue weighted by Crippen LogP contribution is -2.31. The lowest BCUT2D eigenvalue weighted by molar-refractivity contribution is 0.266. The second kappa shape index (κ2) is 4.60. The van der Waals surface area contributed by atoms with Gasteiger partial charge < -0.3 is 10.0 Å². The molecule has 0 aromatic heterocycles. The highest BCUT2D eigenvalue weighted by molar-refractivity contribution is 6.35. The maximum Gasteiger partial charge on any atom is 0.0635 e. The molecular formula is C11H13Cl2NO. The number of aliphatic hydroxyl groups is 1. The minimum Gasteiger partial charge on any atom is -0.394 e. The van der Waals surface area contributed by atoms with E-state index in [4.69, 9.17) is 23.2 Å². The molecule has 1 N–H and O–H groups in total. The minimum absolute atomic E-state index is 0.185. The van der Waals surface area contributed by atoms with Crippen LogP contribution in [-0.4, -0.2) is 24.3 Å². The van der Waals surface area contributed by atoms with Crippen molar-refractivity contribution < 1.29 is 5.11 Å². The molecule has 1 aromatic rings. The summed E-state index contributed by atoms with van der Waals surface area (Å²) in [7, 11) is 0. The third kappa shape index (κ3) is 2.39. The van der Waals surface area contributed by atoms with Crippen molar-refractivity contribution >= 4 is 28.9 Å². The average molecular weight is 246 g/mol. The molecule has 1 unspecified atom stereocenters. The lowest BCUT2D eigenvalue weighted by atomic mass is 10.2. The number of aliphatic hydroxyl groups excluding tert-OH is 1. The van der Waals surface area contributed by atoms with Gasteiger partial charge in [-0.05, 0) is 31.0 Å². The summed E-state index contributed by atoms with van der Waals surface area (Å²) in [6.45, 7) is 1.14. The summed E-state index contributed by atoms with van der Waals surface area (Å²) in [6.07, 6.45) is 2.13. The summed E-state index contributed by atoms with van der Waals surface area (Å²) >= 11 is 11.9. The number of halogens is 2. The van der Waals surface area contributed by atoms with Gasteiger partial charge in [-0.2, -0.15) is 0 Å². The fourth-order valence-corrected chi connectivity index (χ4v) is 2.59. The molecule has 0 radical (unpaired) electrons. The summed E-state index contributed by atoms with van der Waals surface area (Å²) in [6, 6.07) is 5.71. The number of nitrogens with zero attached hydrogens (tertiary/aromatic N) is 1. The van der Waals surface area contributed by atoms with Crippen molar-refractivity contribution in [1.82, 2.24) is 0 Å². The Balaban J connectivity index is 2.28. The van der Waals surface area contributed by atoms with Gasteiger partial charge in [0.1, 0.15) is 0 Å². The Morgan fingerprint density at radius 2 is 1.93 bits per heavy atom. The Bertz CT molecular complexity index is 336. The predicted octanol–water partition coefficient (Wildman–Crippen LogP) is 2.95. The first-order valence-corrected chi connectivity index (χ1v) is 5.80. The Morgan fingerprint density at radius 1 is 1.27 bits per heavy atom. The third-order valence-electron chi connectivity index (χ3n) is 2.77. The van der Waals surface area contributed by atoms with Crippen LogP contribution in [-0.2, 0) is 0 Å². The van der Waals surface area contributed by atoms with Gasteiger partial charge in [0, 0.05) is 22.3 Å². The second-order valence-corrected chi connectivity index (χ2v) is 4.67.